The minimum Gasteiger partial charge on any atom is -0.337 e. The van der Waals surface area contributed by atoms with Gasteiger partial charge in [0.2, 0.25) is 0 Å². The second kappa shape index (κ2) is 6.89. The minimum atomic E-state index is -2.72. The number of aromatic nitrogens is 4. The van der Waals surface area contributed by atoms with E-state index in [0.717, 1.165) is 32.0 Å². The number of amides is 1. The molecule has 0 aliphatic carbocycles. The Bertz CT molecular complexity index is 632. The van der Waals surface area contributed by atoms with Gasteiger partial charge in [-0.15, -0.1) is 0 Å². The van der Waals surface area contributed by atoms with Gasteiger partial charge in [0.15, 0.2) is 5.69 Å². The molecule has 8 heteroatoms. The van der Waals surface area contributed by atoms with Gasteiger partial charge in [-0.2, -0.15) is 19.0 Å². The summed E-state index contributed by atoms with van der Waals surface area (Å²) in [5, 5.41) is 7.82. The molecule has 3 heterocycles. The van der Waals surface area contributed by atoms with E-state index in [4.69, 9.17) is 0 Å². The third-order valence-electron chi connectivity index (χ3n) is 4.25. The second-order valence-corrected chi connectivity index (χ2v) is 5.75. The summed E-state index contributed by atoms with van der Waals surface area (Å²) in [6.45, 7) is -0.553. The Morgan fingerprint density at radius 2 is 2.09 bits per heavy atom. The van der Waals surface area contributed by atoms with Gasteiger partial charge in [0.1, 0.15) is 0 Å². The van der Waals surface area contributed by atoms with Crippen molar-refractivity contribution < 1.29 is 13.6 Å². The third-order valence-corrected chi connectivity index (χ3v) is 4.25. The second-order valence-electron chi connectivity index (χ2n) is 5.75. The number of carbonyl (C=O) groups is 1. The van der Waals surface area contributed by atoms with Crippen molar-refractivity contribution in [2.75, 3.05) is 13.1 Å². The van der Waals surface area contributed by atoms with Crippen LogP contribution in [-0.4, -0.2) is 43.5 Å². The molecule has 1 aliphatic heterocycles. The molecule has 0 saturated carbocycles. The highest BCUT2D eigenvalue weighted by Gasteiger charge is 2.25. The summed E-state index contributed by atoms with van der Waals surface area (Å²) in [6, 6.07) is 3.25. The van der Waals surface area contributed by atoms with Crippen LogP contribution in [0.2, 0.25) is 0 Å². The summed E-state index contributed by atoms with van der Waals surface area (Å²) in [5.41, 5.74) is 0.0836. The number of alkyl halides is 2. The highest BCUT2D eigenvalue weighted by Crippen LogP contribution is 2.22. The summed E-state index contributed by atoms with van der Waals surface area (Å²) in [7, 11) is 0. The average molecular weight is 323 g/mol. The number of nitrogens with zero attached hydrogens (tertiary/aromatic N) is 5. The van der Waals surface area contributed by atoms with Crippen LogP contribution in [0.3, 0.4) is 0 Å². The highest BCUT2D eigenvalue weighted by atomic mass is 19.3. The smallest absolute Gasteiger partial charge is 0.333 e. The van der Waals surface area contributed by atoms with Crippen LogP contribution in [0.5, 0.6) is 0 Å². The molecule has 0 N–H and O–H groups in total. The zero-order chi connectivity index (χ0) is 16.2. The van der Waals surface area contributed by atoms with E-state index >= 15 is 0 Å². The fourth-order valence-corrected chi connectivity index (χ4v) is 2.90. The van der Waals surface area contributed by atoms with Gasteiger partial charge in [-0.25, -0.2) is 4.68 Å². The molecule has 0 unspecified atom stereocenters. The van der Waals surface area contributed by atoms with Crippen molar-refractivity contribution in [3.8, 4) is 0 Å². The molecule has 0 aromatic carbocycles. The topological polar surface area (TPSA) is 56.0 Å². The predicted molar refractivity (Wildman–Crippen MR) is 79.0 cm³/mol. The van der Waals surface area contributed by atoms with E-state index < -0.39 is 6.55 Å². The summed E-state index contributed by atoms with van der Waals surface area (Å²) in [6.07, 6.45) is 7.71. The lowest BCUT2D eigenvalue weighted by Crippen LogP contribution is -2.39. The van der Waals surface area contributed by atoms with E-state index in [9.17, 15) is 13.6 Å². The number of carbonyl (C=O) groups excluding carboxylic acids is 1. The molecule has 2 aromatic heterocycles. The molecule has 124 valence electrons. The first-order valence-electron chi connectivity index (χ1n) is 7.73. The van der Waals surface area contributed by atoms with Crippen LogP contribution in [-0.2, 0) is 6.54 Å². The molecule has 3 rings (SSSR count). The van der Waals surface area contributed by atoms with Crippen LogP contribution in [0.1, 0.15) is 36.3 Å². The van der Waals surface area contributed by atoms with Gasteiger partial charge < -0.3 is 4.90 Å². The van der Waals surface area contributed by atoms with Crippen molar-refractivity contribution in [1.82, 2.24) is 24.5 Å². The third kappa shape index (κ3) is 3.75. The lowest BCUT2D eigenvalue weighted by atomic mass is 9.93. The van der Waals surface area contributed by atoms with Crippen LogP contribution in [0, 0.1) is 5.92 Å². The molecule has 0 spiro atoms. The van der Waals surface area contributed by atoms with Gasteiger partial charge in [0.05, 0.1) is 0 Å². The Balaban J connectivity index is 1.48. The van der Waals surface area contributed by atoms with Gasteiger partial charge in [-0.1, -0.05) is 0 Å². The highest BCUT2D eigenvalue weighted by molar-refractivity contribution is 5.92. The first-order chi connectivity index (χ1) is 11.1. The van der Waals surface area contributed by atoms with Crippen LogP contribution in [0.4, 0.5) is 8.78 Å². The van der Waals surface area contributed by atoms with Gasteiger partial charge in [0, 0.05) is 38.2 Å². The molecule has 6 nitrogen and oxygen atoms in total. The fourth-order valence-electron chi connectivity index (χ4n) is 2.90. The van der Waals surface area contributed by atoms with Crippen molar-refractivity contribution in [2.24, 2.45) is 5.92 Å². The number of hydrogen-bond donors (Lipinski definition) is 0. The van der Waals surface area contributed by atoms with E-state index in [1.165, 1.54) is 6.07 Å². The Kier molecular flexibility index (Phi) is 4.68. The predicted octanol–water partition coefficient (Wildman–Crippen LogP) is 2.42. The van der Waals surface area contributed by atoms with E-state index in [2.05, 4.69) is 10.2 Å². The average Bonchev–Trinajstić information content (AvgIpc) is 3.24. The van der Waals surface area contributed by atoms with Crippen molar-refractivity contribution in [1.29, 1.82) is 0 Å². The van der Waals surface area contributed by atoms with Gasteiger partial charge in [0.25, 0.3) is 5.91 Å². The molecule has 1 fully saturated rings. The zero-order valence-electron chi connectivity index (χ0n) is 12.7. The van der Waals surface area contributed by atoms with E-state index in [1.807, 2.05) is 16.9 Å². The van der Waals surface area contributed by atoms with Crippen LogP contribution < -0.4 is 0 Å². The Hall–Kier alpha value is -2.25. The Labute approximate surface area is 132 Å². The maximum atomic E-state index is 12.5. The number of hydrogen-bond acceptors (Lipinski definition) is 3. The standard InChI is InChI=1S/C15H19F2N5O/c16-15(17)22-11-5-13(19-22)14(23)20-8-2-12(3-9-20)4-10-21-7-1-6-18-21/h1,5-7,11-12,15H,2-4,8-10H2. The molecule has 0 radical (unpaired) electrons. The molecule has 23 heavy (non-hydrogen) atoms. The molecule has 1 amide bonds. The molecular formula is C15H19F2N5O. The molecule has 1 aliphatic rings. The van der Waals surface area contributed by atoms with Gasteiger partial charge in [-0.3, -0.25) is 9.48 Å². The van der Waals surface area contributed by atoms with E-state index in [-0.39, 0.29) is 11.6 Å². The van der Waals surface area contributed by atoms with E-state index in [0.29, 0.717) is 23.7 Å². The van der Waals surface area contributed by atoms with Crippen molar-refractivity contribution in [3.05, 3.63) is 36.4 Å². The van der Waals surface area contributed by atoms with Crippen LogP contribution in [0.25, 0.3) is 0 Å². The maximum Gasteiger partial charge on any atom is 0.333 e. The summed E-state index contributed by atoms with van der Waals surface area (Å²) < 4.78 is 27.4. The van der Waals surface area contributed by atoms with Gasteiger partial charge in [-0.05, 0) is 37.3 Å². The first-order valence-corrected chi connectivity index (χ1v) is 7.73. The molecular weight excluding hydrogens is 304 g/mol. The summed E-state index contributed by atoms with van der Waals surface area (Å²) in [4.78, 5) is 14.0. The molecule has 0 atom stereocenters. The number of aryl methyl sites for hydroxylation is 1. The number of likely N-dealkylation sites (tertiary alicyclic amines) is 1. The Morgan fingerprint density at radius 3 is 2.70 bits per heavy atom. The maximum absolute atomic E-state index is 12.5. The molecule has 0 bridgehead atoms. The normalized spacial score (nSPS) is 16.2. The lowest BCUT2D eigenvalue weighted by molar-refractivity contribution is 0.0544. The quantitative estimate of drug-likeness (QED) is 0.849. The largest absolute Gasteiger partial charge is 0.337 e. The number of halogens is 2. The lowest BCUT2D eigenvalue weighted by Gasteiger charge is -2.31. The van der Waals surface area contributed by atoms with Crippen LogP contribution >= 0.6 is 0 Å². The number of rotatable bonds is 5. The SMILES string of the molecule is O=C(c1ccn(C(F)F)n1)N1CCC(CCn2cccn2)CC1. The van der Waals surface area contributed by atoms with E-state index in [1.54, 1.807) is 11.1 Å². The van der Waals surface area contributed by atoms with Crippen molar-refractivity contribution >= 4 is 5.91 Å². The monoisotopic (exact) mass is 323 g/mol. The van der Waals surface area contributed by atoms with Crippen molar-refractivity contribution in [2.45, 2.75) is 32.4 Å². The van der Waals surface area contributed by atoms with Crippen molar-refractivity contribution in [3.63, 3.8) is 0 Å². The fraction of sp³-hybridized carbons (Fsp3) is 0.533. The van der Waals surface area contributed by atoms with Gasteiger partial charge >= 0.3 is 6.55 Å². The number of piperidine rings is 1. The Morgan fingerprint density at radius 1 is 1.30 bits per heavy atom. The summed E-state index contributed by atoms with van der Waals surface area (Å²) in [5.74, 6) is 0.289. The van der Waals surface area contributed by atoms with Crippen LogP contribution in [0.15, 0.2) is 30.7 Å². The zero-order valence-corrected chi connectivity index (χ0v) is 12.7. The summed E-state index contributed by atoms with van der Waals surface area (Å²) >= 11 is 0. The molecule has 1 saturated heterocycles. The molecule has 2 aromatic rings. The first kappa shape index (κ1) is 15.6. The minimum absolute atomic E-state index is 0.0836.